The van der Waals surface area contributed by atoms with E-state index in [2.05, 4.69) is 6.58 Å². The first-order valence-electron chi connectivity index (χ1n) is 5.74. The van der Waals surface area contributed by atoms with Gasteiger partial charge in [0.2, 0.25) is 0 Å². The highest BCUT2D eigenvalue weighted by molar-refractivity contribution is 5.80. The Bertz CT molecular complexity index is 316. The Kier molecular flexibility index (Phi) is 4.54. The van der Waals surface area contributed by atoms with Crippen LogP contribution in [0.15, 0.2) is 12.7 Å². The Labute approximate surface area is 101 Å². The molecule has 0 unspecified atom stereocenters. The van der Waals surface area contributed by atoms with Crippen LogP contribution < -0.4 is 0 Å². The molecule has 0 aromatic carbocycles. The molecule has 1 aliphatic heterocycles. The number of aliphatic carboxylic acids is 1. The third-order valence-corrected chi connectivity index (χ3v) is 3.27. The lowest BCUT2D eigenvalue weighted by Gasteiger charge is -2.39. The first kappa shape index (κ1) is 13.5. The number of likely N-dealkylation sites (tertiary alicyclic amines) is 1. The number of carboxylic acids is 1. The van der Waals surface area contributed by atoms with E-state index in [1.54, 1.807) is 0 Å². The third-order valence-electron chi connectivity index (χ3n) is 3.27. The fourth-order valence-corrected chi connectivity index (χ4v) is 1.98. The molecule has 0 saturated carbocycles. The average molecular weight is 241 g/mol. The highest BCUT2D eigenvalue weighted by Gasteiger charge is 2.38. The summed E-state index contributed by atoms with van der Waals surface area (Å²) in [5, 5.41) is 9.12. The molecule has 5 nitrogen and oxygen atoms in total. The van der Waals surface area contributed by atoms with Gasteiger partial charge in [-0.15, -0.1) is 0 Å². The lowest BCUT2D eigenvalue weighted by atomic mass is 9.84. The van der Waals surface area contributed by atoms with E-state index in [-0.39, 0.29) is 12.5 Å². The van der Waals surface area contributed by atoms with E-state index >= 15 is 0 Å². The van der Waals surface area contributed by atoms with Crippen LogP contribution in [0.3, 0.4) is 0 Å². The predicted octanol–water partition coefficient (Wildman–Crippen LogP) is 1.74. The van der Waals surface area contributed by atoms with Crippen LogP contribution in [-0.4, -0.2) is 41.3 Å². The van der Waals surface area contributed by atoms with Crippen LogP contribution in [0.25, 0.3) is 0 Å². The zero-order valence-corrected chi connectivity index (χ0v) is 10.3. The zero-order chi connectivity index (χ0) is 13.0. The maximum absolute atomic E-state index is 11.7. The number of hydrogen-bond acceptors (Lipinski definition) is 3. The molecule has 17 heavy (non-hydrogen) atoms. The molecule has 0 bridgehead atoms. The molecule has 0 spiro atoms. The quantitative estimate of drug-likeness (QED) is 0.764. The van der Waals surface area contributed by atoms with Gasteiger partial charge in [0, 0.05) is 6.54 Å². The Hall–Kier alpha value is -1.52. The van der Waals surface area contributed by atoms with Crippen molar-refractivity contribution in [2.45, 2.75) is 26.3 Å². The number of rotatable bonds is 3. The molecule has 1 saturated heterocycles. The fourth-order valence-electron chi connectivity index (χ4n) is 1.98. The van der Waals surface area contributed by atoms with E-state index in [1.165, 1.54) is 11.0 Å². The second kappa shape index (κ2) is 5.70. The van der Waals surface area contributed by atoms with Crippen LogP contribution in [0.1, 0.15) is 20.3 Å². The van der Waals surface area contributed by atoms with Gasteiger partial charge in [0.1, 0.15) is 12.6 Å². The summed E-state index contributed by atoms with van der Waals surface area (Å²) in [6.45, 7) is 7.99. The van der Waals surface area contributed by atoms with Crippen molar-refractivity contribution in [3.05, 3.63) is 12.7 Å². The van der Waals surface area contributed by atoms with Crippen LogP contribution in [0.5, 0.6) is 0 Å². The van der Waals surface area contributed by atoms with Crippen molar-refractivity contribution in [3.63, 3.8) is 0 Å². The van der Waals surface area contributed by atoms with Gasteiger partial charge in [0.05, 0.1) is 0 Å². The number of amides is 1. The summed E-state index contributed by atoms with van der Waals surface area (Å²) in [4.78, 5) is 24.1. The maximum Gasteiger partial charge on any atom is 0.410 e. The predicted molar refractivity (Wildman–Crippen MR) is 62.6 cm³/mol. The van der Waals surface area contributed by atoms with Gasteiger partial charge >= 0.3 is 12.1 Å². The molecule has 0 aliphatic carbocycles. The monoisotopic (exact) mass is 241 g/mol. The summed E-state index contributed by atoms with van der Waals surface area (Å²) in [6.07, 6.45) is 1.36. The second-order valence-corrected chi connectivity index (χ2v) is 4.56. The molecule has 3 atom stereocenters. The standard InChI is InChI=1S/C12H19NO4/c1-4-5-17-12(16)13-7-9(3)8(2)6-10(13)11(14)15/h4,8-10H,1,5-7H2,2-3H3,(H,14,15)/t8-,9+,10-/m1/s1. The number of carbonyl (C=O) groups is 2. The molecule has 5 heteroatoms. The molecule has 1 N–H and O–H groups in total. The molecule has 0 aromatic heterocycles. The van der Waals surface area contributed by atoms with E-state index in [0.29, 0.717) is 18.9 Å². The van der Waals surface area contributed by atoms with E-state index < -0.39 is 18.1 Å². The molecule has 1 rings (SSSR count). The lowest BCUT2D eigenvalue weighted by Crippen LogP contribution is -2.52. The van der Waals surface area contributed by atoms with Gasteiger partial charge in [0.25, 0.3) is 0 Å². The number of carbonyl (C=O) groups excluding carboxylic acids is 1. The number of nitrogens with zero attached hydrogens (tertiary/aromatic N) is 1. The summed E-state index contributed by atoms with van der Waals surface area (Å²) in [6, 6.07) is -0.779. The van der Waals surface area contributed by atoms with Crippen molar-refractivity contribution in [2.24, 2.45) is 11.8 Å². The van der Waals surface area contributed by atoms with Crippen molar-refractivity contribution in [1.29, 1.82) is 0 Å². The van der Waals surface area contributed by atoms with Crippen LogP contribution in [-0.2, 0) is 9.53 Å². The van der Waals surface area contributed by atoms with Gasteiger partial charge in [0.15, 0.2) is 0 Å². The van der Waals surface area contributed by atoms with Crippen LogP contribution in [0.4, 0.5) is 4.79 Å². The van der Waals surface area contributed by atoms with E-state index in [0.717, 1.165) is 0 Å². The molecule has 96 valence electrons. The van der Waals surface area contributed by atoms with Crippen molar-refractivity contribution < 1.29 is 19.4 Å². The summed E-state index contributed by atoms with van der Waals surface area (Å²) >= 11 is 0. The molecular formula is C12H19NO4. The second-order valence-electron chi connectivity index (χ2n) is 4.56. The summed E-state index contributed by atoms with van der Waals surface area (Å²) < 4.78 is 4.90. The number of piperidine rings is 1. The third kappa shape index (κ3) is 3.22. The first-order chi connectivity index (χ1) is 7.97. The van der Waals surface area contributed by atoms with Gasteiger partial charge in [-0.3, -0.25) is 4.90 Å². The minimum absolute atomic E-state index is 0.103. The Morgan fingerprint density at radius 1 is 1.47 bits per heavy atom. The van der Waals surface area contributed by atoms with Gasteiger partial charge in [-0.05, 0) is 18.3 Å². The van der Waals surface area contributed by atoms with Crippen molar-refractivity contribution >= 4 is 12.1 Å². The Morgan fingerprint density at radius 3 is 2.65 bits per heavy atom. The van der Waals surface area contributed by atoms with E-state index in [4.69, 9.17) is 9.84 Å². The van der Waals surface area contributed by atoms with Crippen molar-refractivity contribution in [2.75, 3.05) is 13.2 Å². The molecule has 1 amide bonds. The molecule has 0 aromatic rings. The highest BCUT2D eigenvalue weighted by atomic mass is 16.6. The van der Waals surface area contributed by atoms with E-state index in [1.807, 2.05) is 13.8 Å². The largest absolute Gasteiger partial charge is 0.480 e. The van der Waals surface area contributed by atoms with Crippen LogP contribution in [0.2, 0.25) is 0 Å². The average Bonchev–Trinajstić information content (AvgIpc) is 2.28. The van der Waals surface area contributed by atoms with Gasteiger partial charge in [-0.1, -0.05) is 26.5 Å². The zero-order valence-electron chi connectivity index (χ0n) is 10.3. The lowest BCUT2D eigenvalue weighted by molar-refractivity contribution is -0.145. The molecule has 1 aliphatic rings. The molecule has 0 radical (unpaired) electrons. The Balaban J connectivity index is 2.74. The molecular weight excluding hydrogens is 222 g/mol. The maximum atomic E-state index is 11.7. The van der Waals surface area contributed by atoms with Crippen LogP contribution >= 0.6 is 0 Å². The van der Waals surface area contributed by atoms with E-state index in [9.17, 15) is 9.59 Å². The first-order valence-corrected chi connectivity index (χ1v) is 5.74. The smallest absolute Gasteiger partial charge is 0.410 e. The Morgan fingerprint density at radius 2 is 2.12 bits per heavy atom. The summed E-state index contributed by atoms with van der Waals surface area (Å²) in [7, 11) is 0. The molecule has 1 heterocycles. The highest BCUT2D eigenvalue weighted by Crippen LogP contribution is 2.28. The summed E-state index contributed by atoms with van der Waals surface area (Å²) in [5.74, 6) is -0.402. The molecule has 1 fully saturated rings. The van der Waals surface area contributed by atoms with Crippen molar-refractivity contribution in [3.8, 4) is 0 Å². The normalized spacial score (nSPS) is 28.6. The fraction of sp³-hybridized carbons (Fsp3) is 0.667. The number of hydrogen-bond donors (Lipinski definition) is 1. The van der Waals surface area contributed by atoms with Crippen molar-refractivity contribution in [1.82, 2.24) is 4.90 Å². The van der Waals surface area contributed by atoms with Gasteiger partial charge in [-0.2, -0.15) is 0 Å². The number of ether oxygens (including phenoxy) is 1. The minimum Gasteiger partial charge on any atom is -0.480 e. The number of carboxylic acid groups (broad SMARTS) is 1. The SMILES string of the molecule is C=CCOC(=O)N1C[C@H](C)[C@H](C)C[C@@H]1C(=O)O. The topological polar surface area (TPSA) is 66.8 Å². The van der Waals surface area contributed by atoms with Gasteiger partial charge in [-0.25, -0.2) is 9.59 Å². The summed E-state index contributed by atoms with van der Waals surface area (Å²) in [5.41, 5.74) is 0. The minimum atomic E-state index is -0.973. The van der Waals surface area contributed by atoms with Gasteiger partial charge < -0.3 is 9.84 Å². The van der Waals surface area contributed by atoms with Crippen LogP contribution in [0, 0.1) is 11.8 Å².